The summed E-state index contributed by atoms with van der Waals surface area (Å²) in [6.45, 7) is 0. The maximum atomic E-state index is 13.6. The normalized spacial score (nSPS) is 16.6. The lowest BCUT2D eigenvalue weighted by molar-refractivity contribution is -0.121. The molecule has 1 saturated carbocycles. The molecule has 1 aromatic carbocycles. The van der Waals surface area contributed by atoms with Gasteiger partial charge < -0.3 is 0 Å². The molecule has 0 unspecified atom stereocenters. The van der Waals surface area contributed by atoms with Crippen LogP contribution < -0.4 is 10.0 Å². The van der Waals surface area contributed by atoms with Crippen molar-refractivity contribution in [3.63, 3.8) is 0 Å². The molecular weight excluding hydrogens is 367 g/mol. The van der Waals surface area contributed by atoms with E-state index in [1.807, 2.05) is 0 Å². The van der Waals surface area contributed by atoms with Gasteiger partial charge in [0.05, 0.1) is 11.7 Å². The molecule has 1 heterocycles. The van der Waals surface area contributed by atoms with Crippen LogP contribution in [0.25, 0.3) is 0 Å². The second-order valence-corrected chi connectivity index (χ2v) is 8.77. The number of amides is 1. The number of sulfonamides is 1. The highest BCUT2D eigenvalue weighted by Gasteiger charge is 2.43. The molecule has 1 fully saturated rings. The minimum absolute atomic E-state index is 0.0732. The third-order valence-corrected chi connectivity index (χ3v) is 5.63. The number of benzene rings is 1. The zero-order valence-corrected chi connectivity index (χ0v) is 15.1. The zero-order valence-electron chi connectivity index (χ0n) is 13.5. The number of hydrogen-bond donors (Lipinski definition) is 2. The SMILES string of the molecule is CS(=O)(=O)Nc1nnc(NC(=O)C2(c3cccc(F)c3)CCCC2)s1. The van der Waals surface area contributed by atoms with Crippen LogP contribution in [0.2, 0.25) is 0 Å². The third kappa shape index (κ3) is 3.96. The predicted octanol–water partition coefficient (Wildman–Crippen LogP) is 2.50. The second-order valence-electron chi connectivity index (χ2n) is 6.04. The number of anilines is 2. The highest BCUT2D eigenvalue weighted by Crippen LogP contribution is 2.42. The molecule has 0 aliphatic heterocycles. The molecule has 2 aromatic rings. The summed E-state index contributed by atoms with van der Waals surface area (Å²) < 4.78 is 38.3. The van der Waals surface area contributed by atoms with Gasteiger partial charge in [0.25, 0.3) is 0 Å². The Labute approximate surface area is 148 Å². The van der Waals surface area contributed by atoms with Crippen LogP contribution in [0.15, 0.2) is 24.3 Å². The first-order valence-corrected chi connectivity index (χ1v) is 10.4. The lowest BCUT2D eigenvalue weighted by Crippen LogP contribution is -2.38. The van der Waals surface area contributed by atoms with Gasteiger partial charge in [0.15, 0.2) is 0 Å². The Bertz CT molecular complexity index is 892. The third-order valence-electron chi connectivity index (χ3n) is 4.19. The number of halogens is 1. The van der Waals surface area contributed by atoms with E-state index in [0.29, 0.717) is 18.4 Å². The molecule has 134 valence electrons. The molecule has 0 radical (unpaired) electrons. The lowest BCUT2D eigenvalue weighted by Gasteiger charge is -2.27. The van der Waals surface area contributed by atoms with Gasteiger partial charge >= 0.3 is 0 Å². The summed E-state index contributed by atoms with van der Waals surface area (Å²) in [7, 11) is -3.46. The average molecular weight is 384 g/mol. The summed E-state index contributed by atoms with van der Waals surface area (Å²) in [6.07, 6.45) is 4.00. The van der Waals surface area contributed by atoms with Gasteiger partial charge in [-0.25, -0.2) is 12.8 Å². The first-order chi connectivity index (χ1) is 11.8. The lowest BCUT2D eigenvalue weighted by atomic mass is 9.78. The van der Waals surface area contributed by atoms with Crippen molar-refractivity contribution in [2.45, 2.75) is 31.1 Å². The average Bonchev–Trinajstić information content (AvgIpc) is 3.16. The predicted molar refractivity (Wildman–Crippen MR) is 93.6 cm³/mol. The van der Waals surface area contributed by atoms with Crippen LogP contribution in [0.3, 0.4) is 0 Å². The van der Waals surface area contributed by atoms with Crippen molar-refractivity contribution in [3.8, 4) is 0 Å². The molecule has 0 bridgehead atoms. The topological polar surface area (TPSA) is 101 Å². The van der Waals surface area contributed by atoms with E-state index in [1.54, 1.807) is 12.1 Å². The second kappa shape index (κ2) is 6.68. The summed E-state index contributed by atoms with van der Waals surface area (Å²) >= 11 is 0.925. The van der Waals surface area contributed by atoms with Gasteiger partial charge in [0, 0.05) is 0 Å². The standard InChI is InChI=1S/C15H17FN4O3S2/c1-25(22,23)20-14-19-18-13(24-14)17-12(21)15(7-2-3-8-15)10-5-4-6-11(16)9-10/h4-6,9H,2-3,7-8H2,1H3,(H,19,20)(H,17,18,21). The Balaban J connectivity index is 1.83. The fourth-order valence-corrected chi connectivity index (χ4v) is 4.57. The Morgan fingerprint density at radius 1 is 1.24 bits per heavy atom. The molecular formula is C15H17FN4O3S2. The molecule has 2 N–H and O–H groups in total. The smallest absolute Gasteiger partial charge is 0.236 e. The van der Waals surface area contributed by atoms with E-state index in [1.165, 1.54) is 12.1 Å². The Morgan fingerprint density at radius 3 is 2.56 bits per heavy atom. The molecule has 1 aromatic heterocycles. The number of aromatic nitrogens is 2. The number of carbonyl (C=O) groups excluding carboxylic acids is 1. The Morgan fingerprint density at radius 2 is 1.92 bits per heavy atom. The maximum Gasteiger partial charge on any atom is 0.236 e. The first kappa shape index (κ1) is 17.7. The van der Waals surface area contributed by atoms with Crippen LogP contribution in [-0.2, 0) is 20.2 Å². The van der Waals surface area contributed by atoms with E-state index in [-0.39, 0.29) is 22.0 Å². The summed E-state index contributed by atoms with van der Waals surface area (Å²) in [6, 6.07) is 6.08. The maximum absolute atomic E-state index is 13.6. The molecule has 7 nitrogen and oxygen atoms in total. The fraction of sp³-hybridized carbons (Fsp3) is 0.400. The number of carbonyl (C=O) groups is 1. The molecule has 0 spiro atoms. The summed E-state index contributed by atoms with van der Waals surface area (Å²) in [5, 5.41) is 10.4. The van der Waals surface area contributed by atoms with Gasteiger partial charge in [-0.05, 0) is 30.5 Å². The molecule has 0 atom stereocenters. The van der Waals surface area contributed by atoms with Crippen molar-refractivity contribution >= 4 is 37.5 Å². The molecule has 3 rings (SSSR count). The fourth-order valence-electron chi connectivity index (χ4n) is 3.10. The van der Waals surface area contributed by atoms with Crippen LogP contribution in [0.1, 0.15) is 31.2 Å². The van der Waals surface area contributed by atoms with E-state index in [2.05, 4.69) is 20.2 Å². The van der Waals surface area contributed by atoms with Crippen molar-refractivity contribution in [1.29, 1.82) is 0 Å². The number of nitrogens with one attached hydrogen (secondary N) is 2. The first-order valence-electron chi connectivity index (χ1n) is 7.67. The quantitative estimate of drug-likeness (QED) is 0.825. The minimum atomic E-state index is -3.46. The van der Waals surface area contributed by atoms with Crippen molar-refractivity contribution in [1.82, 2.24) is 10.2 Å². The summed E-state index contributed by atoms with van der Waals surface area (Å²) in [4.78, 5) is 12.9. The monoisotopic (exact) mass is 384 g/mol. The molecule has 25 heavy (non-hydrogen) atoms. The van der Waals surface area contributed by atoms with Crippen molar-refractivity contribution in [2.24, 2.45) is 0 Å². The summed E-state index contributed by atoms with van der Waals surface area (Å²) in [5.41, 5.74) is -0.167. The zero-order chi connectivity index (χ0) is 18.1. The van der Waals surface area contributed by atoms with E-state index >= 15 is 0 Å². The van der Waals surface area contributed by atoms with E-state index in [9.17, 15) is 17.6 Å². The largest absolute Gasteiger partial charge is 0.300 e. The Hall–Kier alpha value is -2.07. The number of nitrogens with zero attached hydrogens (tertiary/aromatic N) is 2. The molecule has 10 heteroatoms. The van der Waals surface area contributed by atoms with E-state index in [4.69, 9.17) is 0 Å². The number of hydrogen-bond acceptors (Lipinski definition) is 6. The van der Waals surface area contributed by atoms with Gasteiger partial charge in [-0.3, -0.25) is 14.8 Å². The van der Waals surface area contributed by atoms with Crippen LogP contribution >= 0.6 is 11.3 Å². The van der Waals surface area contributed by atoms with Crippen molar-refractivity contribution in [3.05, 3.63) is 35.6 Å². The molecule has 0 saturated heterocycles. The van der Waals surface area contributed by atoms with Gasteiger partial charge in [-0.2, -0.15) is 0 Å². The molecule has 1 amide bonds. The van der Waals surface area contributed by atoms with Gasteiger partial charge in [0.2, 0.25) is 26.2 Å². The summed E-state index contributed by atoms with van der Waals surface area (Å²) in [5.74, 6) is -0.662. The highest BCUT2D eigenvalue weighted by atomic mass is 32.2. The van der Waals surface area contributed by atoms with Crippen molar-refractivity contribution < 1.29 is 17.6 Å². The number of rotatable bonds is 5. The van der Waals surface area contributed by atoms with E-state index < -0.39 is 15.4 Å². The van der Waals surface area contributed by atoms with Gasteiger partial charge in [0.1, 0.15) is 5.82 Å². The van der Waals surface area contributed by atoms with Gasteiger partial charge in [-0.1, -0.05) is 36.3 Å². The van der Waals surface area contributed by atoms with Crippen LogP contribution in [-0.4, -0.2) is 30.8 Å². The van der Waals surface area contributed by atoms with Crippen LogP contribution in [0, 0.1) is 5.82 Å². The molecule has 1 aliphatic rings. The van der Waals surface area contributed by atoms with Gasteiger partial charge in [-0.15, -0.1) is 10.2 Å². The Kier molecular flexibility index (Phi) is 4.74. The highest BCUT2D eigenvalue weighted by molar-refractivity contribution is 7.92. The van der Waals surface area contributed by atoms with Crippen LogP contribution in [0.4, 0.5) is 14.7 Å². The minimum Gasteiger partial charge on any atom is -0.300 e. The van der Waals surface area contributed by atoms with E-state index in [0.717, 1.165) is 30.4 Å². The van der Waals surface area contributed by atoms with Crippen LogP contribution in [0.5, 0.6) is 0 Å². The van der Waals surface area contributed by atoms with Crippen molar-refractivity contribution in [2.75, 3.05) is 16.3 Å². The molecule has 1 aliphatic carbocycles.